The molecule has 1 heterocycles. The number of esters is 1. The molecule has 1 N–H and O–H groups in total. The van der Waals surface area contributed by atoms with Crippen molar-refractivity contribution in [3.63, 3.8) is 0 Å². The van der Waals surface area contributed by atoms with Gasteiger partial charge in [-0.15, -0.1) is 0 Å². The number of ether oxygens (including phenoxy) is 1. The van der Waals surface area contributed by atoms with E-state index in [1.165, 1.54) is 30.3 Å². The largest absolute Gasteiger partial charge is 0.423 e. The third-order valence-corrected chi connectivity index (χ3v) is 6.92. The first-order valence-electron chi connectivity index (χ1n) is 10.2. The van der Waals surface area contributed by atoms with Gasteiger partial charge in [0, 0.05) is 17.5 Å². The summed E-state index contributed by atoms with van der Waals surface area (Å²) in [6.07, 6.45) is 0. The zero-order valence-electron chi connectivity index (χ0n) is 18.2. The summed E-state index contributed by atoms with van der Waals surface area (Å²) in [5, 5.41) is 0.690. The standard InChI is InChI=1S/C25H20ClNO6S/c1-15-8-10-18(11-9-15)34(30,31)27-24(17-6-4-3-5-7-17)25(29)33-22-14-21-19(13-20(22)26)16(2)12-23(28)32-21/h3-14,24,27H,1-2H3/t24-/m0/s1. The number of hydrogen-bond donors (Lipinski definition) is 1. The summed E-state index contributed by atoms with van der Waals surface area (Å²) in [4.78, 5) is 24.9. The maximum Gasteiger partial charge on any atom is 0.336 e. The SMILES string of the molecule is Cc1ccc(S(=O)(=O)N[C@H](C(=O)Oc2cc3oc(=O)cc(C)c3cc2Cl)c2ccccc2)cc1. The van der Waals surface area contributed by atoms with E-state index in [1.807, 2.05) is 6.92 Å². The summed E-state index contributed by atoms with van der Waals surface area (Å²) >= 11 is 6.32. The highest BCUT2D eigenvalue weighted by atomic mass is 35.5. The molecular weight excluding hydrogens is 478 g/mol. The zero-order valence-corrected chi connectivity index (χ0v) is 19.8. The number of halogens is 1. The number of rotatable bonds is 6. The van der Waals surface area contributed by atoms with E-state index in [0.29, 0.717) is 16.5 Å². The molecule has 0 aliphatic rings. The number of aryl methyl sites for hydroxylation is 2. The lowest BCUT2D eigenvalue weighted by Gasteiger charge is -2.19. The van der Waals surface area contributed by atoms with Gasteiger partial charge in [0.2, 0.25) is 10.0 Å². The minimum Gasteiger partial charge on any atom is -0.423 e. The van der Waals surface area contributed by atoms with Crippen molar-refractivity contribution in [2.75, 3.05) is 0 Å². The van der Waals surface area contributed by atoms with E-state index >= 15 is 0 Å². The highest BCUT2D eigenvalue weighted by molar-refractivity contribution is 7.89. The van der Waals surface area contributed by atoms with Crippen LogP contribution in [0.4, 0.5) is 0 Å². The van der Waals surface area contributed by atoms with Crippen LogP contribution in [0.1, 0.15) is 22.7 Å². The molecule has 0 unspecified atom stereocenters. The second kappa shape index (κ2) is 9.42. The van der Waals surface area contributed by atoms with Gasteiger partial charge in [0.15, 0.2) is 5.75 Å². The van der Waals surface area contributed by atoms with E-state index in [1.54, 1.807) is 49.4 Å². The quantitative estimate of drug-likeness (QED) is 0.235. The number of fused-ring (bicyclic) bond motifs is 1. The van der Waals surface area contributed by atoms with E-state index in [2.05, 4.69) is 4.72 Å². The minimum absolute atomic E-state index is 0.00724. The molecule has 0 saturated heterocycles. The highest BCUT2D eigenvalue weighted by Gasteiger charge is 2.29. The van der Waals surface area contributed by atoms with Gasteiger partial charge in [0.1, 0.15) is 11.6 Å². The molecule has 0 spiro atoms. The maximum absolute atomic E-state index is 13.2. The maximum atomic E-state index is 13.2. The van der Waals surface area contributed by atoms with Gasteiger partial charge in [-0.05, 0) is 43.2 Å². The Morgan fingerprint density at radius 2 is 1.68 bits per heavy atom. The van der Waals surface area contributed by atoms with Crippen LogP contribution in [-0.2, 0) is 14.8 Å². The molecule has 34 heavy (non-hydrogen) atoms. The summed E-state index contributed by atoms with van der Waals surface area (Å²) in [6, 6.07) is 17.4. The van der Waals surface area contributed by atoms with Crippen molar-refractivity contribution in [3.05, 3.63) is 105 Å². The van der Waals surface area contributed by atoms with Gasteiger partial charge in [0.25, 0.3) is 0 Å². The van der Waals surface area contributed by atoms with Crippen molar-refractivity contribution in [1.29, 1.82) is 0 Å². The molecule has 4 rings (SSSR count). The van der Waals surface area contributed by atoms with Crippen LogP contribution in [0.2, 0.25) is 5.02 Å². The Kier molecular flexibility index (Phi) is 6.56. The lowest BCUT2D eigenvalue weighted by Crippen LogP contribution is -2.36. The normalized spacial score (nSPS) is 12.4. The molecule has 3 aromatic carbocycles. The average molecular weight is 498 g/mol. The van der Waals surface area contributed by atoms with Gasteiger partial charge in [0.05, 0.1) is 9.92 Å². The van der Waals surface area contributed by atoms with Crippen LogP contribution in [-0.4, -0.2) is 14.4 Å². The van der Waals surface area contributed by atoms with Crippen LogP contribution >= 0.6 is 11.6 Å². The molecule has 0 aliphatic heterocycles. The van der Waals surface area contributed by atoms with Crippen LogP contribution in [0.5, 0.6) is 5.75 Å². The zero-order chi connectivity index (χ0) is 24.5. The van der Waals surface area contributed by atoms with E-state index in [9.17, 15) is 18.0 Å². The molecule has 4 aromatic rings. The Hall–Kier alpha value is -3.46. The van der Waals surface area contributed by atoms with E-state index in [-0.39, 0.29) is 21.3 Å². The van der Waals surface area contributed by atoms with Gasteiger partial charge in [-0.2, -0.15) is 4.72 Å². The Bertz CT molecular complexity index is 1530. The molecule has 0 amide bonds. The molecule has 0 saturated carbocycles. The van der Waals surface area contributed by atoms with Crippen LogP contribution in [0, 0.1) is 13.8 Å². The fourth-order valence-corrected chi connectivity index (χ4v) is 4.78. The lowest BCUT2D eigenvalue weighted by molar-refractivity contribution is -0.136. The summed E-state index contributed by atoms with van der Waals surface area (Å²) in [5.41, 5.74) is 1.55. The monoisotopic (exact) mass is 497 g/mol. The molecule has 9 heteroatoms. The molecule has 0 radical (unpaired) electrons. The number of carbonyl (C=O) groups excluding carboxylic acids is 1. The second-order valence-corrected chi connectivity index (χ2v) is 9.85. The average Bonchev–Trinajstić information content (AvgIpc) is 2.79. The van der Waals surface area contributed by atoms with E-state index in [4.69, 9.17) is 20.8 Å². The smallest absolute Gasteiger partial charge is 0.336 e. The predicted octanol–water partition coefficient (Wildman–Crippen LogP) is 4.69. The predicted molar refractivity (Wildman–Crippen MR) is 129 cm³/mol. The molecule has 7 nitrogen and oxygen atoms in total. The summed E-state index contributed by atoms with van der Waals surface area (Å²) < 4.78 is 39.1. The summed E-state index contributed by atoms with van der Waals surface area (Å²) in [5.74, 6) is -0.971. The fourth-order valence-electron chi connectivity index (χ4n) is 3.40. The number of nitrogens with one attached hydrogen (secondary N) is 1. The molecular formula is C25H20ClNO6S. The lowest BCUT2D eigenvalue weighted by atomic mass is 10.1. The Morgan fingerprint density at radius 3 is 2.35 bits per heavy atom. The molecule has 1 atom stereocenters. The van der Waals surface area contributed by atoms with E-state index < -0.39 is 27.7 Å². The van der Waals surface area contributed by atoms with Gasteiger partial charge in [-0.25, -0.2) is 18.0 Å². The van der Waals surface area contributed by atoms with Crippen molar-refractivity contribution >= 4 is 38.6 Å². The molecule has 0 fully saturated rings. The molecule has 174 valence electrons. The van der Waals surface area contributed by atoms with Gasteiger partial charge in [-0.3, -0.25) is 0 Å². The Labute approximate surface area is 201 Å². The van der Waals surface area contributed by atoms with Crippen LogP contribution in [0.15, 0.2) is 86.9 Å². The summed E-state index contributed by atoms with van der Waals surface area (Å²) in [7, 11) is -4.06. The molecule has 0 aliphatic carbocycles. The van der Waals surface area contributed by atoms with Crippen molar-refractivity contribution < 1.29 is 22.4 Å². The molecule has 0 bridgehead atoms. The highest BCUT2D eigenvalue weighted by Crippen LogP contribution is 2.32. The Morgan fingerprint density at radius 1 is 1.00 bits per heavy atom. The second-order valence-electron chi connectivity index (χ2n) is 7.73. The van der Waals surface area contributed by atoms with Gasteiger partial charge in [-0.1, -0.05) is 59.6 Å². The first-order valence-corrected chi connectivity index (χ1v) is 12.1. The van der Waals surface area contributed by atoms with Crippen molar-refractivity contribution in [2.45, 2.75) is 24.8 Å². The molecule has 1 aromatic heterocycles. The topological polar surface area (TPSA) is 103 Å². The number of benzene rings is 3. The van der Waals surface area contributed by atoms with Crippen LogP contribution in [0.25, 0.3) is 11.0 Å². The number of sulfonamides is 1. The van der Waals surface area contributed by atoms with E-state index in [0.717, 1.165) is 5.56 Å². The minimum atomic E-state index is -4.06. The number of carbonyl (C=O) groups is 1. The first kappa shape index (κ1) is 23.7. The van der Waals surface area contributed by atoms with Crippen LogP contribution in [0.3, 0.4) is 0 Å². The van der Waals surface area contributed by atoms with Crippen molar-refractivity contribution in [3.8, 4) is 5.75 Å². The number of hydrogen-bond acceptors (Lipinski definition) is 6. The van der Waals surface area contributed by atoms with Crippen molar-refractivity contribution in [1.82, 2.24) is 4.72 Å². The van der Waals surface area contributed by atoms with Crippen molar-refractivity contribution in [2.24, 2.45) is 0 Å². The van der Waals surface area contributed by atoms with Gasteiger partial charge >= 0.3 is 11.6 Å². The third-order valence-electron chi connectivity index (χ3n) is 5.19. The van der Waals surface area contributed by atoms with Crippen LogP contribution < -0.4 is 15.1 Å². The third kappa shape index (κ3) is 5.04. The first-order chi connectivity index (χ1) is 16.1. The summed E-state index contributed by atoms with van der Waals surface area (Å²) in [6.45, 7) is 3.57. The Balaban J connectivity index is 1.70. The fraction of sp³-hybridized carbons (Fsp3) is 0.120. The van der Waals surface area contributed by atoms with Gasteiger partial charge < -0.3 is 9.15 Å².